The van der Waals surface area contributed by atoms with Crippen LogP contribution < -0.4 is 5.32 Å². The van der Waals surface area contributed by atoms with Gasteiger partial charge in [0, 0.05) is 10.9 Å². The van der Waals surface area contributed by atoms with Crippen LogP contribution in [0.5, 0.6) is 11.5 Å². The van der Waals surface area contributed by atoms with Crippen molar-refractivity contribution in [2.75, 3.05) is 5.32 Å². The average Bonchev–Trinajstić information content (AvgIpc) is 3.14. The van der Waals surface area contributed by atoms with Gasteiger partial charge in [-0.25, -0.2) is 4.98 Å². The van der Waals surface area contributed by atoms with Crippen molar-refractivity contribution in [3.05, 3.63) is 59.5 Å². The van der Waals surface area contributed by atoms with Gasteiger partial charge in [-0.2, -0.15) is 5.26 Å². The summed E-state index contributed by atoms with van der Waals surface area (Å²) in [4.78, 5) is 17.1. The lowest BCUT2D eigenvalue weighted by atomic mass is 9.84. The highest BCUT2D eigenvalue weighted by molar-refractivity contribution is 7.14. The van der Waals surface area contributed by atoms with Gasteiger partial charge in [-0.1, -0.05) is 36.4 Å². The molecule has 3 rings (SSSR count). The van der Waals surface area contributed by atoms with Crippen molar-refractivity contribution in [2.45, 2.75) is 13.3 Å². The lowest BCUT2D eigenvalue weighted by Gasteiger charge is -2.20. The number of hydrogen-bond acceptors (Lipinski definition) is 6. The quantitative estimate of drug-likeness (QED) is 0.582. The number of anilines is 1. The van der Waals surface area contributed by atoms with Crippen LogP contribution in [0.4, 0.5) is 5.13 Å². The Kier molecular flexibility index (Phi) is 5.10. The highest BCUT2D eigenvalue weighted by Crippen LogP contribution is 2.31. The van der Waals surface area contributed by atoms with E-state index >= 15 is 0 Å². The third kappa shape index (κ3) is 4.07. The van der Waals surface area contributed by atoms with Crippen LogP contribution in [0, 0.1) is 16.7 Å². The normalized spacial score (nSPS) is 12.7. The minimum atomic E-state index is -1.36. The van der Waals surface area contributed by atoms with Crippen LogP contribution in [-0.4, -0.2) is 21.1 Å². The first-order valence-corrected chi connectivity index (χ1v) is 9.04. The number of aromatic nitrogens is 1. The number of phenolic OH excluding ortho intramolecular Hbond substituents is 2. The zero-order valence-corrected chi connectivity index (χ0v) is 15.3. The number of nitrogens with zero attached hydrogens (tertiary/aromatic N) is 2. The summed E-state index contributed by atoms with van der Waals surface area (Å²) < 4.78 is 0. The summed E-state index contributed by atoms with van der Waals surface area (Å²) >= 11 is 1.28. The number of aromatic hydroxyl groups is 2. The first-order valence-electron chi connectivity index (χ1n) is 8.16. The summed E-state index contributed by atoms with van der Waals surface area (Å²) in [5.74, 6) is -1.02. The first kappa shape index (κ1) is 18.4. The number of phenols is 2. The number of benzene rings is 2. The van der Waals surface area contributed by atoms with Gasteiger partial charge in [-0.05, 0) is 31.0 Å². The SMILES string of the molecule is CC(C#N)(Cc1ccc(O)c(O)c1)C(=O)Nc1nc(-c2ccccc2)cs1. The Labute approximate surface area is 160 Å². The molecule has 0 bridgehead atoms. The van der Waals surface area contributed by atoms with E-state index in [0.717, 1.165) is 11.3 Å². The molecule has 2 aromatic carbocycles. The van der Waals surface area contributed by atoms with Gasteiger partial charge < -0.3 is 15.5 Å². The second-order valence-corrected chi connectivity index (χ2v) is 7.16. The van der Waals surface area contributed by atoms with Crippen molar-refractivity contribution in [2.24, 2.45) is 5.41 Å². The first-order chi connectivity index (χ1) is 12.9. The minimum absolute atomic E-state index is 0.0834. The largest absolute Gasteiger partial charge is 0.504 e. The van der Waals surface area contributed by atoms with Crippen LogP contribution in [0.25, 0.3) is 11.3 Å². The zero-order valence-electron chi connectivity index (χ0n) is 14.5. The fourth-order valence-electron chi connectivity index (χ4n) is 2.57. The number of amides is 1. The van der Waals surface area contributed by atoms with E-state index in [1.54, 1.807) is 6.07 Å². The van der Waals surface area contributed by atoms with Gasteiger partial charge >= 0.3 is 0 Å². The maximum absolute atomic E-state index is 12.7. The smallest absolute Gasteiger partial charge is 0.246 e. The number of hydrogen-bond donors (Lipinski definition) is 3. The van der Waals surface area contributed by atoms with Crippen molar-refractivity contribution in [3.63, 3.8) is 0 Å². The molecular weight excluding hydrogens is 362 g/mol. The van der Waals surface area contributed by atoms with Crippen molar-refractivity contribution < 1.29 is 15.0 Å². The van der Waals surface area contributed by atoms with E-state index < -0.39 is 11.3 Å². The van der Waals surface area contributed by atoms with E-state index in [4.69, 9.17) is 0 Å². The van der Waals surface area contributed by atoms with Crippen molar-refractivity contribution in [1.82, 2.24) is 4.98 Å². The highest BCUT2D eigenvalue weighted by Gasteiger charge is 2.34. The summed E-state index contributed by atoms with van der Waals surface area (Å²) in [7, 11) is 0. The van der Waals surface area contributed by atoms with Gasteiger partial charge in [0.05, 0.1) is 11.8 Å². The van der Waals surface area contributed by atoms with Crippen LogP contribution >= 0.6 is 11.3 Å². The molecule has 27 heavy (non-hydrogen) atoms. The number of nitrogens with one attached hydrogen (secondary N) is 1. The lowest BCUT2D eigenvalue weighted by Crippen LogP contribution is -2.34. The molecule has 0 aliphatic heterocycles. The molecule has 136 valence electrons. The van der Waals surface area contributed by atoms with E-state index in [1.807, 2.05) is 41.8 Å². The van der Waals surface area contributed by atoms with E-state index in [9.17, 15) is 20.3 Å². The molecule has 0 spiro atoms. The molecule has 1 heterocycles. The fraction of sp³-hybridized carbons (Fsp3) is 0.150. The molecule has 6 nitrogen and oxygen atoms in total. The molecule has 0 aliphatic carbocycles. The monoisotopic (exact) mass is 379 g/mol. The number of carbonyl (C=O) groups is 1. The molecule has 0 aliphatic rings. The third-order valence-corrected chi connectivity index (χ3v) is 4.90. The predicted molar refractivity (Wildman–Crippen MR) is 103 cm³/mol. The highest BCUT2D eigenvalue weighted by atomic mass is 32.1. The minimum Gasteiger partial charge on any atom is -0.504 e. The Balaban J connectivity index is 1.76. The zero-order chi connectivity index (χ0) is 19.4. The van der Waals surface area contributed by atoms with Crippen molar-refractivity contribution >= 4 is 22.4 Å². The molecular formula is C20H17N3O3S. The summed E-state index contributed by atoms with van der Waals surface area (Å²) in [6, 6.07) is 15.9. The molecule has 1 amide bonds. The molecule has 1 aromatic heterocycles. The van der Waals surface area contributed by atoms with Crippen LogP contribution in [-0.2, 0) is 11.2 Å². The summed E-state index contributed by atoms with van der Waals surface area (Å²) in [5, 5.41) is 33.5. The number of carbonyl (C=O) groups excluding carboxylic acids is 1. The van der Waals surface area contributed by atoms with Crippen molar-refractivity contribution in [1.29, 1.82) is 5.26 Å². The second kappa shape index (κ2) is 7.48. The maximum Gasteiger partial charge on any atom is 0.246 e. The summed E-state index contributed by atoms with van der Waals surface area (Å²) in [5.41, 5.74) is 0.894. The Morgan fingerprint density at radius 1 is 1.22 bits per heavy atom. The topological polar surface area (TPSA) is 106 Å². The summed E-state index contributed by atoms with van der Waals surface area (Å²) in [6.45, 7) is 1.53. The van der Waals surface area contributed by atoms with Crippen LogP contribution in [0.3, 0.4) is 0 Å². The Morgan fingerprint density at radius 3 is 2.63 bits per heavy atom. The van der Waals surface area contributed by atoms with E-state index in [0.29, 0.717) is 10.7 Å². The third-order valence-electron chi connectivity index (χ3n) is 4.14. The molecule has 0 radical (unpaired) electrons. The average molecular weight is 379 g/mol. The number of rotatable bonds is 5. The summed E-state index contributed by atoms with van der Waals surface area (Å²) in [6.07, 6.45) is 0.0834. The van der Waals surface area contributed by atoms with Gasteiger partial charge in [0.25, 0.3) is 0 Å². The predicted octanol–water partition coefficient (Wildman–Crippen LogP) is 3.93. The van der Waals surface area contributed by atoms with Gasteiger partial charge in [0.2, 0.25) is 5.91 Å². The Bertz CT molecular complexity index is 1010. The Hall–Kier alpha value is -3.37. The number of nitriles is 1. The Morgan fingerprint density at radius 2 is 1.96 bits per heavy atom. The van der Waals surface area contributed by atoms with E-state index in [1.165, 1.54) is 30.4 Å². The van der Waals surface area contributed by atoms with Crippen LogP contribution in [0.2, 0.25) is 0 Å². The number of thiazole rings is 1. The van der Waals surface area contributed by atoms with Gasteiger partial charge in [0.15, 0.2) is 16.6 Å². The molecule has 0 saturated heterocycles. The molecule has 1 unspecified atom stereocenters. The standard InChI is InChI=1S/C20H17N3O3S/c1-20(12-21,10-13-7-8-16(24)17(25)9-13)18(26)23-19-22-15(11-27-19)14-5-3-2-4-6-14/h2-9,11,24-25H,10H2,1H3,(H,22,23,26). The molecule has 0 fully saturated rings. The van der Waals surface area contributed by atoms with Crippen LogP contribution in [0.15, 0.2) is 53.9 Å². The lowest BCUT2D eigenvalue weighted by molar-refractivity contribution is -0.122. The molecule has 1 atom stereocenters. The molecule has 0 saturated carbocycles. The van der Waals surface area contributed by atoms with Crippen molar-refractivity contribution in [3.8, 4) is 28.8 Å². The van der Waals surface area contributed by atoms with Gasteiger partial charge in [0.1, 0.15) is 5.41 Å². The fourth-order valence-corrected chi connectivity index (χ4v) is 3.28. The molecule has 3 N–H and O–H groups in total. The molecule has 3 aromatic rings. The molecule has 7 heteroatoms. The van der Waals surface area contributed by atoms with Crippen LogP contribution in [0.1, 0.15) is 12.5 Å². The van der Waals surface area contributed by atoms with E-state index in [2.05, 4.69) is 10.3 Å². The van der Waals surface area contributed by atoms with Gasteiger partial charge in [-0.15, -0.1) is 11.3 Å². The second-order valence-electron chi connectivity index (χ2n) is 6.30. The van der Waals surface area contributed by atoms with Gasteiger partial charge in [-0.3, -0.25) is 4.79 Å². The van der Waals surface area contributed by atoms with E-state index in [-0.39, 0.29) is 17.9 Å². The maximum atomic E-state index is 12.7.